The van der Waals surface area contributed by atoms with Gasteiger partial charge in [-0.2, -0.15) is 0 Å². The van der Waals surface area contributed by atoms with Gasteiger partial charge in [-0.3, -0.25) is 4.79 Å². The molecule has 17 heavy (non-hydrogen) atoms. The Kier molecular flexibility index (Phi) is 5.27. The van der Waals surface area contributed by atoms with Gasteiger partial charge >= 0.3 is 0 Å². The van der Waals surface area contributed by atoms with Crippen LogP contribution in [0.25, 0.3) is 0 Å². The number of nitrogens with one attached hydrogen (secondary N) is 1. The van der Waals surface area contributed by atoms with Crippen LogP contribution in [0.1, 0.15) is 37.0 Å². The van der Waals surface area contributed by atoms with E-state index < -0.39 is 0 Å². The van der Waals surface area contributed by atoms with E-state index in [-0.39, 0.29) is 5.78 Å². The molecule has 3 heteroatoms. The molecule has 3 nitrogen and oxygen atoms in total. The molecular formula is C14H20N2O. The maximum Gasteiger partial charge on any atom is 0.163 e. The molecule has 0 unspecified atom stereocenters. The van der Waals surface area contributed by atoms with Gasteiger partial charge in [0.2, 0.25) is 0 Å². The number of hydrogen-bond acceptors (Lipinski definition) is 3. The van der Waals surface area contributed by atoms with Gasteiger partial charge in [-0.1, -0.05) is 30.3 Å². The van der Waals surface area contributed by atoms with E-state index in [4.69, 9.17) is 5.73 Å². The van der Waals surface area contributed by atoms with Crippen LogP contribution in [0.3, 0.4) is 0 Å². The largest absolute Gasteiger partial charge is 0.401 e. The molecule has 0 heterocycles. The Morgan fingerprint density at radius 3 is 2.53 bits per heavy atom. The second-order valence-electron chi connectivity index (χ2n) is 4.33. The van der Waals surface area contributed by atoms with Gasteiger partial charge in [-0.15, -0.1) is 0 Å². The Balaban J connectivity index is 2.41. The molecule has 0 bridgehead atoms. The first kappa shape index (κ1) is 13.3. The van der Waals surface area contributed by atoms with Crippen LogP contribution in [-0.2, 0) is 0 Å². The Morgan fingerprint density at radius 1 is 1.29 bits per heavy atom. The Bertz CT molecular complexity index is 382. The second-order valence-corrected chi connectivity index (χ2v) is 4.33. The van der Waals surface area contributed by atoms with Crippen molar-refractivity contribution < 1.29 is 4.79 Å². The van der Waals surface area contributed by atoms with Gasteiger partial charge in [0.05, 0.1) is 0 Å². The second kappa shape index (κ2) is 6.74. The van der Waals surface area contributed by atoms with E-state index in [1.807, 2.05) is 44.2 Å². The van der Waals surface area contributed by atoms with Crippen molar-refractivity contribution in [3.05, 3.63) is 47.8 Å². The summed E-state index contributed by atoms with van der Waals surface area (Å²) < 4.78 is 0. The van der Waals surface area contributed by atoms with E-state index in [1.54, 1.807) is 6.20 Å². The standard InChI is InChI=1S/C14H20N2O/c1-11(2)16-10-13(15)8-9-14(17)12-6-4-3-5-7-12/h3-7,10-11,16H,8-9,15H2,1-2H3/b13-10-. The van der Waals surface area contributed by atoms with Gasteiger partial charge < -0.3 is 11.1 Å². The number of Topliss-reactive ketones (excluding diaryl/α,β-unsaturated/α-hetero) is 1. The predicted octanol–water partition coefficient (Wildman–Crippen LogP) is 2.45. The highest BCUT2D eigenvalue weighted by atomic mass is 16.1. The van der Waals surface area contributed by atoms with Gasteiger partial charge in [0, 0.05) is 29.9 Å². The number of ketones is 1. The highest BCUT2D eigenvalue weighted by Crippen LogP contribution is 2.07. The maximum atomic E-state index is 11.8. The van der Waals surface area contributed by atoms with Crippen molar-refractivity contribution in [2.75, 3.05) is 0 Å². The van der Waals surface area contributed by atoms with Crippen LogP contribution in [0.4, 0.5) is 0 Å². The molecule has 0 amide bonds. The summed E-state index contributed by atoms with van der Waals surface area (Å²) in [6.07, 6.45) is 2.82. The van der Waals surface area contributed by atoms with Crippen molar-refractivity contribution in [1.29, 1.82) is 0 Å². The van der Waals surface area contributed by atoms with E-state index in [9.17, 15) is 4.79 Å². The van der Waals surface area contributed by atoms with E-state index >= 15 is 0 Å². The summed E-state index contributed by atoms with van der Waals surface area (Å²) in [7, 11) is 0. The number of nitrogens with two attached hydrogens (primary N) is 1. The molecule has 92 valence electrons. The third kappa shape index (κ3) is 5.20. The summed E-state index contributed by atoms with van der Waals surface area (Å²) in [5.74, 6) is 0.131. The van der Waals surface area contributed by atoms with Crippen molar-refractivity contribution in [1.82, 2.24) is 5.32 Å². The predicted molar refractivity (Wildman–Crippen MR) is 70.5 cm³/mol. The van der Waals surface area contributed by atoms with Gasteiger partial charge in [-0.25, -0.2) is 0 Å². The fraction of sp³-hybridized carbons (Fsp3) is 0.357. The smallest absolute Gasteiger partial charge is 0.163 e. The molecule has 3 N–H and O–H groups in total. The fourth-order valence-corrected chi connectivity index (χ4v) is 1.37. The molecule has 0 spiro atoms. The average Bonchev–Trinajstić information content (AvgIpc) is 2.34. The molecule has 1 rings (SSSR count). The van der Waals surface area contributed by atoms with Crippen molar-refractivity contribution >= 4 is 5.78 Å². The highest BCUT2D eigenvalue weighted by Gasteiger charge is 2.05. The summed E-state index contributed by atoms with van der Waals surface area (Å²) in [5.41, 5.74) is 7.25. The monoisotopic (exact) mass is 232 g/mol. The molecule has 0 aromatic heterocycles. The SMILES string of the molecule is CC(C)N/C=C(\N)CCC(=O)c1ccccc1. The van der Waals surface area contributed by atoms with Crippen molar-refractivity contribution in [2.45, 2.75) is 32.7 Å². The lowest BCUT2D eigenvalue weighted by atomic mass is 10.1. The summed E-state index contributed by atoms with van der Waals surface area (Å²) in [4.78, 5) is 11.8. The molecule has 0 saturated heterocycles. The summed E-state index contributed by atoms with van der Waals surface area (Å²) in [6, 6.07) is 9.65. The third-order valence-electron chi connectivity index (χ3n) is 2.34. The Labute approximate surface area is 103 Å². The van der Waals surface area contributed by atoms with Crippen LogP contribution >= 0.6 is 0 Å². The molecule has 1 aromatic rings. The number of benzene rings is 1. The topological polar surface area (TPSA) is 55.1 Å². The number of rotatable bonds is 6. The zero-order valence-corrected chi connectivity index (χ0v) is 10.4. The van der Waals surface area contributed by atoms with Crippen molar-refractivity contribution in [3.8, 4) is 0 Å². The minimum absolute atomic E-state index is 0.131. The van der Waals surface area contributed by atoms with Crippen LogP contribution in [0, 0.1) is 0 Å². The molecule has 1 aromatic carbocycles. The number of hydrogen-bond donors (Lipinski definition) is 2. The van der Waals surface area contributed by atoms with Crippen LogP contribution in [-0.4, -0.2) is 11.8 Å². The Morgan fingerprint density at radius 2 is 1.94 bits per heavy atom. The first-order chi connectivity index (χ1) is 8.09. The van der Waals surface area contributed by atoms with E-state index in [1.165, 1.54) is 0 Å². The fourth-order valence-electron chi connectivity index (χ4n) is 1.37. The quantitative estimate of drug-likeness (QED) is 0.741. The van der Waals surface area contributed by atoms with Crippen LogP contribution < -0.4 is 11.1 Å². The molecule has 0 aliphatic rings. The van der Waals surface area contributed by atoms with Gasteiger partial charge in [0.1, 0.15) is 0 Å². The zero-order chi connectivity index (χ0) is 12.7. The van der Waals surface area contributed by atoms with Crippen LogP contribution in [0.15, 0.2) is 42.2 Å². The summed E-state index contributed by atoms with van der Waals surface area (Å²) in [5, 5.41) is 3.11. The van der Waals surface area contributed by atoms with Gasteiger partial charge in [-0.05, 0) is 20.3 Å². The third-order valence-corrected chi connectivity index (χ3v) is 2.34. The lowest BCUT2D eigenvalue weighted by Crippen LogP contribution is -2.18. The molecule has 0 atom stereocenters. The lowest BCUT2D eigenvalue weighted by Gasteiger charge is -2.06. The van der Waals surface area contributed by atoms with E-state index in [0.29, 0.717) is 24.6 Å². The van der Waals surface area contributed by atoms with Crippen molar-refractivity contribution in [2.24, 2.45) is 5.73 Å². The lowest BCUT2D eigenvalue weighted by molar-refractivity contribution is 0.0982. The van der Waals surface area contributed by atoms with Crippen molar-refractivity contribution in [3.63, 3.8) is 0 Å². The molecule has 0 fully saturated rings. The average molecular weight is 232 g/mol. The molecule has 0 aliphatic carbocycles. The first-order valence-corrected chi connectivity index (χ1v) is 5.88. The van der Waals surface area contributed by atoms with Gasteiger partial charge in [0.15, 0.2) is 5.78 Å². The van der Waals surface area contributed by atoms with Crippen LogP contribution in [0.5, 0.6) is 0 Å². The molecule has 0 saturated carbocycles. The van der Waals surface area contributed by atoms with E-state index in [2.05, 4.69) is 5.32 Å². The minimum atomic E-state index is 0.131. The Hall–Kier alpha value is -1.77. The maximum absolute atomic E-state index is 11.8. The van der Waals surface area contributed by atoms with Crippen LogP contribution in [0.2, 0.25) is 0 Å². The zero-order valence-electron chi connectivity index (χ0n) is 10.4. The number of allylic oxidation sites excluding steroid dienone is 1. The minimum Gasteiger partial charge on any atom is -0.401 e. The normalized spacial score (nSPS) is 11.6. The molecular weight excluding hydrogens is 212 g/mol. The van der Waals surface area contributed by atoms with E-state index in [0.717, 1.165) is 5.56 Å². The molecule has 0 aliphatic heterocycles. The number of carbonyl (C=O) groups excluding carboxylic acids is 1. The summed E-state index contributed by atoms with van der Waals surface area (Å²) >= 11 is 0. The highest BCUT2D eigenvalue weighted by molar-refractivity contribution is 5.96. The molecule has 0 radical (unpaired) electrons. The van der Waals surface area contributed by atoms with Gasteiger partial charge in [0.25, 0.3) is 0 Å². The summed E-state index contributed by atoms with van der Waals surface area (Å²) in [6.45, 7) is 4.08. The first-order valence-electron chi connectivity index (χ1n) is 5.88. The number of carbonyl (C=O) groups is 1.